The highest BCUT2D eigenvalue weighted by Gasteiger charge is 2.29. The largest absolute Gasteiger partial charge is 0.309 e. The maximum Gasteiger partial charge on any atom is 0.241 e. The number of hydrogen-bond donors (Lipinski definition) is 0. The van der Waals surface area contributed by atoms with Crippen molar-refractivity contribution in [3.63, 3.8) is 0 Å². The van der Waals surface area contributed by atoms with Gasteiger partial charge in [0.2, 0.25) is 17.8 Å². The average molecular weight is 1230 g/mol. The minimum Gasteiger partial charge on any atom is -0.309 e. The Labute approximate surface area is 552 Å². The van der Waals surface area contributed by atoms with Crippen molar-refractivity contribution in [2.75, 3.05) is 14.7 Å². The van der Waals surface area contributed by atoms with Gasteiger partial charge < -0.3 is 13.7 Å². The van der Waals surface area contributed by atoms with Crippen molar-refractivity contribution in [2.24, 2.45) is 0 Å². The van der Waals surface area contributed by atoms with Gasteiger partial charge in [-0.3, -0.25) is 14.7 Å². The van der Waals surface area contributed by atoms with Crippen molar-refractivity contribution in [2.45, 2.75) is 0 Å². The molecule has 0 amide bonds. The van der Waals surface area contributed by atoms with E-state index in [1.165, 1.54) is 32.3 Å². The molecule has 0 aliphatic rings. The van der Waals surface area contributed by atoms with Crippen LogP contribution < -0.4 is 14.7 Å². The van der Waals surface area contributed by atoms with Gasteiger partial charge in [0, 0.05) is 83.5 Å². The Bertz CT molecular complexity index is 5630. The summed E-state index contributed by atoms with van der Waals surface area (Å²) >= 11 is 0. The molecule has 9 nitrogen and oxygen atoms in total. The van der Waals surface area contributed by atoms with Gasteiger partial charge in [-0.25, -0.2) is 0 Å². The van der Waals surface area contributed by atoms with Crippen LogP contribution in [0.2, 0.25) is 0 Å². The fraction of sp³-hybridized carbons (Fsp3) is 0. The van der Waals surface area contributed by atoms with Crippen LogP contribution in [0.25, 0.3) is 115 Å². The molecule has 0 unspecified atom stereocenters. The molecule has 0 saturated carbocycles. The molecule has 9 heteroatoms. The lowest BCUT2D eigenvalue weighted by molar-refractivity contribution is 0.963. The van der Waals surface area contributed by atoms with Crippen LogP contribution in [-0.2, 0) is 0 Å². The van der Waals surface area contributed by atoms with Crippen LogP contribution in [0.15, 0.2) is 346 Å². The molecular formula is C87H57N9. The third kappa shape index (κ3) is 9.05. The summed E-state index contributed by atoms with van der Waals surface area (Å²) in [7, 11) is 0. The monoisotopic (exact) mass is 1230 g/mol. The van der Waals surface area contributed by atoms with Gasteiger partial charge in [0.1, 0.15) is 0 Å². The first-order valence-electron chi connectivity index (χ1n) is 32.5. The normalized spacial score (nSPS) is 11.8. The molecule has 0 aliphatic heterocycles. The highest BCUT2D eigenvalue weighted by Crippen LogP contribution is 2.46. The smallest absolute Gasteiger partial charge is 0.241 e. The molecule has 96 heavy (non-hydrogen) atoms. The van der Waals surface area contributed by atoms with Crippen molar-refractivity contribution < 1.29 is 0 Å². The van der Waals surface area contributed by atoms with Crippen LogP contribution in [0.5, 0.6) is 0 Å². The number of benzene rings is 15. The lowest BCUT2D eigenvalue weighted by atomic mass is 10.1. The molecule has 0 fully saturated rings. The predicted molar refractivity (Wildman–Crippen MR) is 399 cm³/mol. The van der Waals surface area contributed by atoms with E-state index in [4.69, 9.17) is 15.0 Å². The van der Waals surface area contributed by atoms with Crippen LogP contribution >= 0.6 is 0 Å². The Balaban J connectivity index is 0.859. The summed E-state index contributed by atoms with van der Waals surface area (Å²) in [5.74, 6) is 1.26. The standard InChI is InChI=1S/C87H57N9/c1-4-28-64(29-5-1)91(70-46-49-82-76(55-70)73-34-16-19-37-79(73)94(82)67-43-40-58-22-10-13-25-61(58)52-67)85-88-86(92(65-30-6-2-7-31-65)71-47-50-83-77(56-71)74-35-17-20-38-80(74)95(83)68-44-41-59-23-11-14-26-62(59)53-68)90-87(89-85)93(66-32-8-3-9-33-66)72-48-51-84-78(57-72)75-36-18-21-39-81(75)96(84)69-45-42-60-24-12-15-27-63(60)54-69/h1-57H. The Kier molecular flexibility index (Phi) is 12.7. The Hall–Kier alpha value is -13.1. The molecule has 0 bridgehead atoms. The van der Waals surface area contributed by atoms with Crippen LogP contribution in [0, 0.1) is 0 Å². The van der Waals surface area contributed by atoms with Gasteiger partial charge in [0.25, 0.3) is 0 Å². The Morgan fingerprint density at radius 3 is 0.729 bits per heavy atom. The van der Waals surface area contributed by atoms with Crippen molar-refractivity contribution >= 4 is 150 Å². The zero-order valence-corrected chi connectivity index (χ0v) is 51.9. The molecule has 450 valence electrons. The lowest BCUT2D eigenvalue weighted by Crippen LogP contribution is -2.22. The summed E-state index contributed by atoms with van der Waals surface area (Å²) in [5.41, 5.74) is 15.1. The molecule has 19 aromatic rings. The van der Waals surface area contributed by atoms with Crippen LogP contribution in [0.4, 0.5) is 52.0 Å². The summed E-state index contributed by atoms with van der Waals surface area (Å²) in [6, 6.07) is 124. The summed E-state index contributed by atoms with van der Waals surface area (Å²) in [6.07, 6.45) is 0. The van der Waals surface area contributed by atoms with Crippen molar-refractivity contribution in [1.29, 1.82) is 0 Å². The second-order valence-electron chi connectivity index (χ2n) is 24.5. The number of anilines is 9. The third-order valence-electron chi connectivity index (χ3n) is 19.0. The number of para-hydroxylation sites is 6. The van der Waals surface area contributed by atoms with E-state index in [1.54, 1.807) is 0 Å². The van der Waals surface area contributed by atoms with Crippen molar-refractivity contribution in [1.82, 2.24) is 28.7 Å². The zero-order chi connectivity index (χ0) is 63.2. The molecule has 0 atom stereocenters. The fourth-order valence-corrected chi connectivity index (χ4v) is 14.6. The summed E-state index contributed by atoms with van der Waals surface area (Å²) in [5, 5.41) is 13.8. The second-order valence-corrected chi connectivity index (χ2v) is 24.5. The second kappa shape index (κ2) is 22.3. The molecule has 4 aromatic heterocycles. The number of rotatable bonds is 12. The highest BCUT2D eigenvalue weighted by atomic mass is 15.4. The van der Waals surface area contributed by atoms with Gasteiger partial charge in [-0.2, -0.15) is 15.0 Å². The molecule has 19 rings (SSSR count). The molecule has 0 N–H and O–H groups in total. The van der Waals surface area contributed by atoms with Gasteiger partial charge in [-0.15, -0.1) is 0 Å². The first-order valence-corrected chi connectivity index (χ1v) is 32.5. The van der Waals surface area contributed by atoms with Crippen molar-refractivity contribution in [3.05, 3.63) is 346 Å². The van der Waals surface area contributed by atoms with E-state index in [2.05, 4.69) is 374 Å². The first-order chi connectivity index (χ1) is 47.6. The molecular weight excluding hydrogens is 1170 g/mol. The molecule has 0 radical (unpaired) electrons. The molecule has 4 heterocycles. The predicted octanol–water partition coefficient (Wildman–Crippen LogP) is 23.0. The van der Waals surface area contributed by atoms with Gasteiger partial charge >= 0.3 is 0 Å². The molecule has 15 aromatic carbocycles. The first kappa shape index (κ1) is 54.6. The van der Waals surface area contributed by atoms with Gasteiger partial charge in [-0.1, -0.05) is 200 Å². The minimum atomic E-state index is 0.420. The lowest BCUT2D eigenvalue weighted by Gasteiger charge is -2.30. The zero-order valence-electron chi connectivity index (χ0n) is 51.9. The quantitative estimate of drug-likeness (QED) is 0.121. The third-order valence-corrected chi connectivity index (χ3v) is 19.0. The molecule has 0 saturated heterocycles. The topological polar surface area (TPSA) is 63.2 Å². The van der Waals surface area contributed by atoms with Crippen LogP contribution in [-0.4, -0.2) is 28.7 Å². The fourth-order valence-electron chi connectivity index (χ4n) is 14.6. The van der Waals surface area contributed by atoms with Gasteiger partial charge in [0.05, 0.1) is 33.1 Å². The summed E-state index contributed by atoms with van der Waals surface area (Å²) in [4.78, 5) is 23.9. The van der Waals surface area contributed by atoms with E-state index in [0.717, 1.165) is 117 Å². The van der Waals surface area contributed by atoms with Crippen LogP contribution in [0.3, 0.4) is 0 Å². The Morgan fingerprint density at radius 1 is 0.177 bits per heavy atom. The highest BCUT2D eigenvalue weighted by molar-refractivity contribution is 6.14. The number of nitrogens with zero attached hydrogens (tertiary/aromatic N) is 9. The maximum atomic E-state index is 5.80. The Morgan fingerprint density at radius 2 is 0.427 bits per heavy atom. The van der Waals surface area contributed by atoms with E-state index in [1.807, 2.05) is 0 Å². The van der Waals surface area contributed by atoms with Gasteiger partial charge in [-0.05, 0) is 178 Å². The van der Waals surface area contributed by atoms with E-state index in [0.29, 0.717) is 17.8 Å². The SMILES string of the molecule is c1ccc(N(c2ccc3c(c2)c2ccccc2n3-c2ccc3ccccc3c2)c2nc(N(c3ccccc3)c3ccc4c(c3)c3ccccc3n4-c3ccc4ccccc4c3)nc(N(c3ccccc3)c3ccc4c(c3)c3ccccc3n4-c3ccc4ccccc4c3)n2)cc1. The number of aromatic nitrogens is 6. The number of hydrogen-bond acceptors (Lipinski definition) is 6. The van der Waals surface area contributed by atoms with E-state index >= 15 is 0 Å². The summed E-state index contributed by atoms with van der Waals surface area (Å²) < 4.78 is 7.15. The van der Waals surface area contributed by atoms with E-state index < -0.39 is 0 Å². The van der Waals surface area contributed by atoms with Crippen LogP contribution in [0.1, 0.15) is 0 Å². The maximum absolute atomic E-state index is 5.80. The van der Waals surface area contributed by atoms with Gasteiger partial charge in [0.15, 0.2) is 0 Å². The summed E-state index contributed by atoms with van der Waals surface area (Å²) in [6.45, 7) is 0. The average Bonchev–Trinajstić information content (AvgIpc) is 1.78. The number of fused-ring (bicyclic) bond motifs is 12. The van der Waals surface area contributed by atoms with E-state index in [-0.39, 0.29) is 0 Å². The molecule has 0 aliphatic carbocycles. The van der Waals surface area contributed by atoms with Crippen molar-refractivity contribution in [3.8, 4) is 17.1 Å². The molecule has 0 spiro atoms. The minimum absolute atomic E-state index is 0.420. The van der Waals surface area contributed by atoms with E-state index in [9.17, 15) is 0 Å².